The van der Waals surface area contributed by atoms with Gasteiger partial charge in [-0.2, -0.15) is 10.4 Å². The Morgan fingerprint density at radius 3 is 2.76 bits per heavy atom. The van der Waals surface area contributed by atoms with E-state index in [1.54, 1.807) is 18.2 Å². The number of aromatic hydroxyl groups is 1. The minimum absolute atomic E-state index is 0.0779. The molecule has 1 saturated carbocycles. The van der Waals surface area contributed by atoms with E-state index in [4.69, 9.17) is 5.26 Å². The lowest BCUT2D eigenvalue weighted by molar-refractivity contribution is 0.476. The Hall–Kier alpha value is -3.54. The number of hydrogen-bond acceptors (Lipinski definition) is 7. The molecular formula is C16H12FN7O. The van der Waals surface area contributed by atoms with Gasteiger partial charge in [0.25, 0.3) is 0 Å². The van der Waals surface area contributed by atoms with Crippen LogP contribution in [0.2, 0.25) is 0 Å². The number of phenols is 1. The summed E-state index contributed by atoms with van der Waals surface area (Å²) >= 11 is 0. The lowest BCUT2D eigenvalue weighted by atomic mass is 10.1. The molecule has 0 spiro atoms. The monoisotopic (exact) mass is 337 g/mol. The van der Waals surface area contributed by atoms with Crippen molar-refractivity contribution >= 4 is 5.95 Å². The molecule has 8 nitrogen and oxygen atoms in total. The molecule has 2 N–H and O–H groups in total. The predicted octanol–water partition coefficient (Wildman–Crippen LogP) is 2.01. The van der Waals surface area contributed by atoms with Gasteiger partial charge in [0.05, 0.1) is 18.1 Å². The summed E-state index contributed by atoms with van der Waals surface area (Å²) in [5, 5.41) is 34.0. The van der Waals surface area contributed by atoms with E-state index < -0.39 is 5.82 Å². The van der Waals surface area contributed by atoms with Gasteiger partial charge in [0, 0.05) is 17.7 Å². The van der Waals surface area contributed by atoms with Crippen molar-refractivity contribution < 1.29 is 9.50 Å². The van der Waals surface area contributed by atoms with E-state index in [9.17, 15) is 9.50 Å². The Morgan fingerprint density at radius 2 is 2.16 bits per heavy atom. The third-order valence-electron chi connectivity index (χ3n) is 3.77. The van der Waals surface area contributed by atoms with Crippen LogP contribution in [0.3, 0.4) is 0 Å². The summed E-state index contributed by atoms with van der Waals surface area (Å²) in [5.41, 5.74) is 0.955. The van der Waals surface area contributed by atoms with Gasteiger partial charge in [-0.05, 0) is 25.0 Å². The van der Waals surface area contributed by atoms with Gasteiger partial charge >= 0.3 is 0 Å². The van der Waals surface area contributed by atoms with E-state index in [0.717, 1.165) is 19.0 Å². The van der Waals surface area contributed by atoms with Crippen LogP contribution in [0, 0.1) is 17.1 Å². The molecule has 1 fully saturated rings. The summed E-state index contributed by atoms with van der Waals surface area (Å²) < 4.78 is 14.7. The molecule has 0 aliphatic heterocycles. The molecule has 4 rings (SSSR count). The largest absolute Gasteiger partial charge is 0.507 e. The maximum absolute atomic E-state index is 13.5. The van der Waals surface area contributed by atoms with Crippen LogP contribution in [-0.4, -0.2) is 36.1 Å². The standard InChI is InChI=1S/C16H12FN7O/c17-12-8-24(23-13(12)6-18)10-3-4-11(15(25)5-10)14-7-19-16(22-21-14)20-9-1-2-9/h3-5,7-9,25H,1-2H2,(H,19,20,22). The fraction of sp³-hybridized carbons (Fsp3) is 0.188. The van der Waals surface area contributed by atoms with Crippen LogP contribution < -0.4 is 5.32 Å². The quantitative estimate of drug-likeness (QED) is 0.749. The third-order valence-corrected chi connectivity index (χ3v) is 3.77. The maximum atomic E-state index is 13.5. The van der Waals surface area contributed by atoms with E-state index in [1.165, 1.54) is 16.9 Å². The average molecular weight is 337 g/mol. The molecule has 124 valence electrons. The number of nitriles is 1. The highest BCUT2D eigenvalue weighted by Crippen LogP contribution is 2.30. The van der Waals surface area contributed by atoms with Gasteiger partial charge < -0.3 is 10.4 Å². The molecule has 0 radical (unpaired) electrons. The van der Waals surface area contributed by atoms with Crippen LogP contribution in [0.4, 0.5) is 10.3 Å². The molecular weight excluding hydrogens is 325 g/mol. The van der Waals surface area contributed by atoms with Gasteiger partial charge in [0.2, 0.25) is 5.95 Å². The second-order valence-corrected chi connectivity index (χ2v) is 5.67. The first kappa shape index (κ1) is 15.0. The molecule has 2 heterocycles. The first-order valence-electron chi connectivity index (χ1n) is 7.59. The summed E-state index contributed by atoms with van der Waals surface area (Å²) in [5.74, 6) is -0.343. The van der Waals surface area contributed by atoms with E-state index in [-0.39, 0.29) is 11.4 Å². The summed E-state index contributed by atoms with van der Waals surface area (Å²) in [4.78, 5) is 4.18. The van der Waals surface area contributed by atoms with Crippen molar-refractivity contribution in [3.05, 3.63) is 42.1 Å². The van der Waals surface area contributed by atoms with Crippen molar-refractivity contribution in [3.8, 4) is 28.8 Å². The van der Waals surface area contributed by atoms with Crippen molar-refractivity contribution in [3.63, 3.8) is 0 Å². The topological polar surface area (TPSA) is 113 Å². The van der Waals surface area contributed by atoms with Crippen LogP contribution >= 0.6 is 0 Å². The molecule has 0 atom stereocenters. The Bertz CT molecular complexity index is 973. The number of anilines is 1. The van der Waals surface area contributed by atoms with Crippen LogP contribution in [0.15, 0.2) is 30.6 Å². The van der Waals surface area contributed by atoms with Gasteiger partial charge in [-0.15, -0.1) is 10.2 Å². The van der Waals surface area contributed by atoms with Crippen molar-refractivity contribution in [1.29, 1.82) is 5.26 Å². The normalized spacial score (nSPS) is 13.4. The molecule has 3 aromatic rings. The van der Waals surface area contributed by atoms with E-state index in [2.05, 4.69) is 25.6 Å². The average Bonchev–Trinajstić information content (AvgIpc) is 3.35. The van der Waals surface area contributed by atoms with Gasteiger partial charge in [-0.3, -0.25) is 0 Å². The van der Waals surface area contributed by atoms with Gasteiger partial charge in [-0.25, -0.2) is 14.1 Å². The molecule has 0 bridgehead atoms. The van der Waals surface area contributed by atoms with Crippen LogP contribution in [0.1, 0.15) is 18.5 Å². The van der Waals surface area contributed by atoms with Crippen LogP contribution in [0.5, 0.6) is 5.75 Å². The molecule has 2 aromatic heterocycles. The van der Waals surface area contributed by atoms with E-state index in [1.807, 2.05) is 0 Å². The Labute approximate surface area is 141 Å². The summed E-state index contributed by atoms with van der Waals surface area (Å²) in [6.07, 6.45) is 4.81. The van der Waals surface area contributed by atoms with Crippen molar-refractivity contribution in [2.45, 2.75) is 18.9 Å². The molecule has 25 heavy (non-hydrogen) atoms. The van der Waals surface area contributed by atoms with Crippen molar-refractivity contribution in [2.24, 2.45) is 0 Å². The lowest BCUT2D eigenvalue weighted by Gasteiger charge is -2.07. The Morgan fingerprint density at radius 1 is 1.32 bits per heavy atom. The summed E-state index contributed by atoms with van der Waals surface area (Å²) in [7, 11) is 0. The molecule has 1 aliphatic carbocycles. The predicted molar refractivity (Wildman–Crippen MR) is 85.4 cm³/mol. The second-order valence-electron chi connectivity index (χ2n) is 5.67. The molecule has 1 aliphatic rings. The molecule has 1 aromatic carbocycles. The first-order chi connectivity index (χ1) is 12.1. The lowest BCUT2D eigenvalue weighted by Crippen LogP contribution is -2.06. The highest BCUT2D eigenvalue weighted by atomic mass is 19.1. The zero-order valence-electron chi connectivity index (χ0n) is 12.9. The zero-order chi connectivity index (χ0) is 17.4. The minimum Gasteiger partial charge on any atom is -0.507 e. The number of hydrogen-bond donors (Lipinski definition) is 2. The number of nitrogens with one attached hydrogen (secondary N) is 1. The van der Waals surface area contributed by atoms with E-state index in [0.29, 0.717) is 28.9 Å². The Kier molecular flexibility index (Phi) is 3.50. The number of halogens is 1. The van der Waals surface area contributed by atoms with Crippen molar-refractivity contribution in [2.75, 3.05) is 5.32 Å². The summed E-state index contributed by atoms with van der Waals surface area (Å²) in [6.45, 7) is 0. The SMILES string of the molecule is N#Cc1nn(-c2ccc(-c3cnc(NC4CC4)nn3)c(O)c2)cc1F. The molecule has 0 amide bonds. The minimum atomic E-state index is -0.722. The Balaban J connectivity index is 1.61. The fourth-order valence-corrected chi connectivity index (χ4v) is 2.31. The van der Waals surface area contributed by atoms with Gasteiger partial charge in [-0.1, -0.05) is 0 Å². The molecule has 9 heteroatoms. The number of rotatable bonds is 4. The van der Waals surface area contributed by atoms with E-state index >= 15 is 0 Å². The van der Waals surface area contributed by atoms with Crippen LogP contribution in [-0.2, 0) is 0 Å². The first-order valence-corrected chi connectivity index (χ1v) is 7.59. The highest BCUT2D eigenvalue weighted by molar-refractivity contribution is 5.68. The van der Waals surface area contributed by atoms with Gasteiger partial charge in [0.1, 0.15) is 17.5 Å². The van der Waals surface area contributed by atoms with Crippen LogP contribution in [0.25, 0.3) is 16.9 Å². The maximum Gasteiger partial charge on any atom is 0.242 e. The number of phenolic OH excluding ortho intramolecular Hbond substituents is 1. The number of nitrogens with zero attached hydrogens (tertiary/aromatic N) is 6. The van der Waals surface area contributed by atoms with Crippen molar-refractivity contribution in [1.82, 2.24) is 25.0 Å². The third kappa shape index (κ3) is 2.97. The molecule has 0 unspecified atom stereocenters. The summed E-state index contributed by atoms with van der Waals surface area (Å²) in [6, 6.07) is 6.72. The number of aromatic nitrogens is 5. The second kappa shape index (κ2) is 5.83. The fourth-order valence-electron chi connectivity index (χ4n) is 2.31. The zero-order valence-corrected chi connectivity index (χ0v) is 12.9. The van der Waals surface area contributed by atoms with Gasteiger partial charge in [0.15, 0.2) is 11.5 Å². The molecule has 0 saturated heterocycles. The number of benzene rings is 1. The smallest absolute Gasteiger partial charge is 0.242 e. The highest BCUT2D eigenvalue weighted by Gasteiger charge is 2.22.